The maximum Gasteiger partial charge on any atom is 0.303 e. The number of carbonyl (C=O) groups is 1. The lowest BCUT2D eigenvalue weighted by Crippen LogP contribution is -2.03. The first kappa shape index (κ1) is 9.43. The summed E-state index contributed by atoms with van der Waals surface area (Å²) in [6.45, 7) is 4.10. The molecular weight excluding hydrogens is 130 g/mol. The Balaban J connectivity index is 0.000000162. The molecule has 0 saturated carbocycles. The van der Waals surface area contributed by atoms with E-state index in [0.29, 0.717) is 0 Å². The zero-order valence-corrected chi connectivity index (χ0v) is 6.39. The van der Waals surface area contributed by atoms with Crippen LogP contribution in [0.15, 0.2) is 0 Å². The van der Waals surface area contributed by atoms with Crippen LogP contribution in [0.1, 0.15) is 26.2 Å². The molecule has 1 aliphatic rings. The number of carboxylic acids is 1. The topological polar surface area (TPSA) is 49.3 Å². The molecule has 0 aromatic heterocycles. The molecule has 1 heterocycles. The SMILES string of the molecule is C1CCNC1.CCC(=O)O. The molecular formula is C7H15NO2. The number of rotatable bonds is 1. The number of hydrogen-bond acceptors (Lipinski definition) is 2. The molecule has 0 spiro atoms. The molecule has 0 unspecified atom stereocenters. The number of hydrogen-bond donors (Lipinski definition) is 2. The van der Waals surface area contributed by atoms with E-state index in [4.69, 9.17) is 5.11 Å². The molecule has 60 valence electrons. The van der Waals surface area contributed by atoms with Crippen LogP contribution in [-0.2, 0) is 4.79 Å². The van der Waals surface area contributed by atoms with Gasteiger partial charge in [0.25, 0.3) is 0 Å². The predicted octanol–water partition coefficient (Wildman–Crippen LogP) is 0.851. The molecule has 1 fully saturated rings. The fourth-order valence-electron chi connectivity index (χ4n) is 0.625. The molecule has 3 heteroatoms. The third kappa shape index (κ3) is 7.43. The lowest BCUT2D eigenvalue weighted by atomic mass is 10.4. The maximum atomic E-state index is 9.37. The second-order valence-corrected chi connectivity index (χ2v) is 2.20. The van der Waals surface area contributed by atoms with Gasteiger partial charge in [0.1, 0.15) is 0 Å². The Morgan fingerprint density at radius 1 is 1.50 bits per heavy atom. The van der Waals surface area contributed by atoms with Crippen molar-refractivity contribution in [2.75, 3.05) is 13.1 Å². The van der Waals surface area contributed by atoms with E-state index in [1.165, 1.54) is 25.9 Å². The highest BCUT2D eigenvalue weighted by Crippen LogP contribution is 1.90. The van der Waals surface area contributed by atoms with E-state index in [-0.39, 0.29) is 6.42 Å². The third-order valence-corrected chi connectivity index (χ3v) is 1.26. The lowest BCUT2D eigenvalue weighted by Gasteiger charge is -1.76. The van der Waals surface area contributed by atoms with Crippen LogP contribution in [-0.4, -0.2) is 24.2 Å². The maximum absolute atomic E-state index is 9.37. The Morgan fingerprint density at radius 3 is 2.00 bits per heavy atom. The van der Waals surface area contributed by atoms with E-state index >= 15 is 0 Å². The van der Waals surface area contributed by atoms with Gasteiger partial charge in [-0.15, -0.1) is 0 Å². The summed E-state index contributed by atoms with van der Waals surface area (Å²) in [6.07, 6.45) is 3.00. The number of aliphatic carboxylic acids is 1. The van der Waals surface area contributed by atoms with Gasteiger partial charge in [-0.2, -0.15) is 0 Å². The third-order valence-electron chi connectivity index (χ3n) is 1.26. The molecule has 0 atom stereocenters. The number of nitrogens with one attached hydrogen (secondary N) is 1. The van der Waals surface area contributed by atoms with E-state index in [1.807, 2.05) is 0 Å². The Labute approximate surface area is 61.4 Å². The number of carboxylic acid groups (broad SMARTS) is 1. The smallest absolute Gasteiger partial charge is 0.303 e. The second-order valence-electron chi connectivity index (χ2n) is 2.20. The van der Waals surface area contributed by atoms with Crippen molar-refractivity contribution in [2.24, 2.45) is 0 Å². The molecule has 0 aromatic rings. The first-order valence-electron chi connectivity index (χ1n) is 3.70. The van der Waals surface area contributed by atoms with Gasteiger partial charge in [-0.25, -0.2) is 0 Å². The molecule has 0 aliphatic carbocycles. The first-order valence-corrected chi connectivity index (χ1v) is 3.70. The summed E-state index contributed by atoms with van der Waals surface area (Å²) in [4.78, 5) is 9.37. The van der Waals surface area contributed by atoms with E-state index < -0.39 is 5.97 Å². The van der Waals surface area contributed by atoms with Crippen LogP contribution in [0.25, 0.3) is 0 Å². The van der Waals surface area contributed by atoms with E-state index in [0.717, 1.165) is 0 Å². The Kier molecular flexibility index (Phi) is 6.18. The Morgan fingerprint density at radius 2 is 1.90 bits per heavy atom. The summed E-state index contributed by atoms with van der Waals surface area (Å²) in [5.74, 6) is -0.745. The molecule has 0 radical (unpaired) electrons. The minimum atomic E-state index is -0.745. The predicted molar refractivity (Wildman–Crippen MR) is 40.0 cm³/mol. The fraction of sp³-hybridized carbons (Fsp3) is 0.857. The molecule has 0 bridgehead atoms. The van der Waals surface area contributed by atoms with Crippen LogP contribution < -0.4 is 5.32 Å². The van der Waals surface area contributed by atoms with Crippen molar-refractivity contribution in [3.8, 4) is 0 Å². The summed E-state index contributed by atoms with van der Waals surface area (Å²) in [5.41, 5.74) is 0. The lowest BCUT2D eigenvalue weighted by molar-refractivity contribution is -0.136. The van der Waals surface area contributed by atoms with Gasteiger partial charge >= 0.3 is 5.97 Å². The molecule has 10 heavy (non-hydrogen) atoms. The summed E-state index contributed by atoms with van der Waals surface area (Å²) >= 11 is 0. The van der Waals surface area contributed by atoms with Crippen molar-refractivity contribution < 1.29 is 9.90 Å². The van der Waals surface area contributed by atoms with Gasteiger partial charge in [-0.05, 0) is 25.9 Å². The summed E-state index contributed by atoms with van der Waals surface area (Å²) in [6, 6.07) is 0. The van der Waals surface area contributed by atoms with Gasteiger partial charge in [-0.1, -0.05) is 6.92 Å². The van der Waals surface area contributed by atoms with Crippen molar-refractivity contribution in [1.82, 2.24) is 5.32 Å². The van der Waals surface area contributed by atoms with Crippen LogP contribution in [0.3, 0.4) is 0 Å². The standard InChI is InChI=1S/C4H9N.C3H6O2/c1-2-4-5-3-1;1-2-3(4)5/h5H,1-4H2;2H2,1H3,(H,4,5). The highest BCUT2D eigenvalue weighted by Gasteiger charge is 1.93. The molecule has 0 amide bonds. The van der Waals surface area contributed by atoms with E-state index in [9.17, 15) is 4.79 Å². The Bertz CT molecular complexity index is 82.0. The largest absolute Gasteiger partial charge is 0.481 e. The summed E-state index contributed by atoms with van der Waals surface area (Å²) in [7, 11) is 0. The van der Waals surface area contributed by atoms with Gasteiger partial charge < -0.3 is 10.4 Å². The second kappa shape index (κ2) is 6.55. The zero-order chi connectivity index (χ0) is 7.82. The molecule has 3 nitrogen and oxygen atoms in total. The quantitative estimate of drug-likeness (QED) is 0.575. The minimum absolute atomic E-state index is 0.222. The zero-order valence-electron chi connectivity index (χ0n) is 6.39. The van der Waals surface area contributed by atoms with Gasteiger partial charge in [-0.3, -0.25) is 4.79 Å². The van der Waals surface area contributed by atoms with Crippen molar-refractivity contribution >= 4 is 5.97 Å². The van der Waals surface area contributed by atoms with Crippen LogP contribution in [0.5, 0.6) is 0 Å². The van der Waals surface area contributed by atoms with Crippen LogP contribution in [0.2, 0.25) is 0 Å². The fourth-order valence-corrected chi connectivity index (χ4v) is 0.625. The Hall–Kier alpha value is -0.570. The summed E-state index contributed by atoms with van der Waals surface area (Å²) in [5, 5.41) is 10.9. The normalized spacial score (nSPS) is 15.7. The van der Waals surface area contributed by atoms with Gasteiger partial charge in [0, 0.05) is 6.42 Å². The van der Waals surface area contributed by atoms with Gasteiger partial charge in [0.15, 0.2) is 0 Å². The molecule has 0 aromatic carbocycles. The first-order chi connectivity index (χ1) is 4.77. The monoisotopic (exact) mass is 145 g/mol. The van der Waals surface area contributed by atoms with E-state index in [1.54, 1.807) is 6.92 Å². The van der Waals surface area contributed by atoms with Crippen molar-refractivity contribution in [1.29, 1.82) is 0 Å². The minimum Gasteiger partial charge on any atom is -0.481 e. The highest BCUT2D eigenvalue weighted by molar-refractivity contribution is 5.66. The molecule has 1 rings (SSSR count). The van der Waals surface area contributed by atoms with Crippen LogP contribution in [0, 0.1) is 0 Å². The molecule has 1 aliphatic heterocycles. The van der Waals surface area contributed by atoms with Crippen LogP contribution in [0.4, 0.5) is 0 Å². The average Bonchev–Trinajstić information content (AvgIpc) is 2.43. The average molecular weight is 145 g/mol. The molecule has 1 saturated heterocycles. The van der Waals surface area contributed by atoms with Gasteiger partial charge in [0.05, 0.1) is 0 Å². The highest BCUT2D eigenvalue weighted by atomic mass is 16.4. The van der Waals surface area contributed by atoms with Gasteiger partial charge in [0.2, 0.25) is 0 Å². The van der Waals surface area contributed by atoms with Crippen molar-refractivity contribution in [2.45, 2.75) is 26.2 Å². The molecule has 2 N–H and O–H groups in total. The van der Waals surface area contributed by atoms with E-state index in [2.05, 4.69) is 5.32 Å². The van der Waals surface area contributed by atoms with Crippen molar-refractivity contribution in [3.05, 3.63) is 0 Å². The van der Waals surface area contributed by atoms with Crippen molar-refractivity contribution in [3.63, 3.8) is 0 Å². The van der Waals surface area contributed by atoms with Crippen LogP contribution >= 0.6 is 0 Å². The summed E-state index contributed by atoms with van der Waals surface area (Å²) < 4.78 is 0.